The monoisotopic (exact) mass is 214 g/mol. The summed E-state index contributed by atoms with van der Waals surface area (Å²) in [5.74, 6) is 0.0917. The van der Waals surface area contributed by atoms with E-state index in [4.69, 9.17) is 10.5 Å². The van der Waals surface area contributed by atoms with Crippen molar-refractivity contribution in [3.8, 4) is 0 Å². The van der Waals surface area contributed by atoms with Gasteiger partial charge in [0.15, 0.2) is 0 Å². The van der Waals surface area contributed by atoms with Crippen LogP contribution in [0.1, 0.15) is 26.7 Å². The number of nitrogens with two attached hydrogens (primary N) is 1. The molecule has 1 rings (SSSR count). The number of carbonyl (C=O) groups is 1. The van der Waals surface area contributed by atoms with Gasteiger partial charge in [0.25, 0.3) is 5.91 Å². The smallest absolute Gasteiger partial charge is 0.251 e. The summed E-state index contributed by atoms with van der Waals surface area (Å²) in [4.78, 5) is 13.6. The van der Waals surface area contributed by atoms with Crippen LogP contribution in [0.2, 0.25) is 0 Å². The lowest BCUT2D eigenvalue weighted by atomic mass is 9.93. The zero-order chi connectivity index (χ0) is 11.5. The van der Waals surface area contributed by atoms with Gasteiger partial charge in [-0.25, -0.2) is 0 Å². The number of hydrogen-bond acceptors (Lipinski definition) is 3. The van der Waals surface area contributed by atoms with Crippen LogP contribution in [0.4, 0.5) is 0 Å². The van der Waals surface area contributed by atoms with Crippen LogP contribution in [0.3, 0.4) is 0 Å². The molecule has 1 unspecified atom stereocenters. The lowest BCUT2D eigenvalue weighted by molar-refractivity contribution is -0.140. The van der Waals surface area contributed by atoms with Gasteiger partial charge in [0.05, 0.1) is 0 Å². The van der Waals surface area contributed by atoms with E-state index in [0.717, 1.165) is 12.8 Å². The van der Waals surface area contributed by atoms with Gasteiger partial charge in [-0.15, -0.1) is 0 Å². The third-order valence-electron chi connectivity index (χ3n) is 2.80. The average Bonchev–Trinajstić information content (AvgIpc) is 2.68. The standard InChI is InChI=1S/C11H22N2O2/c1-11(2,7-12)8-13(3)10(14)9-5-4-6-15-9/h9H,4-8,12H2,1-3H3. The maximum Gasteiger partial charge on any atom is 0.251 e. The molecule has 0 aliphatic carbocycles. The summed E-state index contributed by atoms with van der Waals surface area (Å²) in [7, 11) is 1.82. The summed E-state index contributed by atoms with van der Waals surface area (Å²) in [6, 6.07) is 0. The van der Waals surface area contributed by atoms with Crippen LogP contribution in [-0.2, 0) is 9.53 Å². The van der Waals surface area contributed by atoms with Gasteiger partial charge in [-0.1, -0.05) is 13.8 Å². The molecule has 1 fully saturated rings. The lowest BCUT2D eigenvalue weighted by Gasteiger charge is -2.30. The Bertz CT molecular complexity index is 223. The molecule has 1 amide bonds. The van der Waals surface area contributed by atoms with Crippen LogP contribution in [-0.4, -0.2) is 43.7 Å². The van der Waals surface area contributed by atoms with Gasteiger partial charge in [0.1, 0.15) is 6.10 Å². The molecule has 1 aliphatic rings. The number of nitrogens with zero attached hydrogens (tertiary/aromatic N) is 1. The Hall–Kier alpha value is -0.610. The lowest BCUT2D eigenvalue weighted by Crippen LogP contribution is -2.43. The predicted octanol–water partition coefficient (Wildman–Crippen LogP) is 0.609. The van der Waals surface area contributed by atoms with Crippen molar-refractivity contribution in [2.75, 3.05) is 26.7 Å². The molecule has 0 aromatic carbocycles. The molecule has 4 nitrogen and oxygen atoms in total. The van der Waals surface area contributed by atoms with Crippen molar-refractivity contribution in [2.24, 2.45) is 11.1 Å². The van der Waals surface area contributed by atoms with Crippen molar-refractivity contribution in [3.05, 3.63) is 0 Å². The predicted molar refractivity (Wildman–Crippen MR) is 59.4 cm³/mol. The second kappa shape index (κ2) is 4.94. The Kier molecular flexibility index (Phi) is 4.11. The minimum absolute atomic E-state index is 0.0248. The van der Waals surface area contributed by atoms with Gasteiger partial charge in [0, 0.05) is 20.2 Å². The minimum atomic E-state index is -0.219. The van der Waals surface area contributed by atoms with E-state index in [1.54, 1.807) is 4.90 Å². The fourth-order valence-corrected chi connectivity index (χ4v) is 1.80. The molecule has 1 saturated heterocycles. The zero-order valence-corrected chi connectivity index (χ0v) is 9.95. The quantitative estimate of drug-likeness (QED) is 0.746. The van der Waals surface area contributed by atoms with E-state index in [1.807, 2.05) is 7.05 Å². The van der Waals surface area contributed by atoms with Crippen molar-refractivity contribution >= 4 is 5.91 Å². The number of amides is 1. The molecule has 0 aromatic rings. The number of ether oxygens (including phenoxy) is 1. The van der Waals surface area contributed by atoms with Crippen molar-refractivity contribution in [2.45, 2.75) is 32.8 Å². The fourth-order valence-electron chi connectivity index (χ4n) is 1.80. The van der Waals surface area contributed by atoms with Gasteiger partial charge in [-0.05, 0) is 24.8 Å². The Balaban J connectivity index is 2.45. The van der Waals surface area contributed by atoms with Crippen LogP contribution in [0.25, 0.3) is 0 Å². The first-order valence-electron chi connectivity index (χ1n) is 5.53. The first-order chi connectivity index (χ1) is 6.96. The van der Waals surface area contributed by atoms with Crippen molar-refractivity contribution in [1.29, 1.82) is 0 Å². The Morgan fingerprint density at radius 1 is 1.60 bits per heavy atom. The highest BCUT2D eigenvalue weighted by atomic mass is 16.5. The van der Waals surface area contributed by atoms with Crippen LogP contribution in [0, 0.1) is 5.41 Å². The van der Waals surface area contributed by atoms with E-state index in [2.05, 4.69) is 13.8 Å². The maximum atomic E-state index is 11.9. The van der Waals surface area contributed by atoms with Gasteiger partial charge in [0.2, 0.25) is 0 Å². The van der Waals surface area contributed by atoms with E-state index in [0.29, 0.717) is 19.7 Å². The Labute approximate surface area is 91.8 Å². The SMILES string of the molecule is CN(CC(C)(C)CN)C(=O)C1CCCO1. The fraction of sp³-hybridized carbons (Fsp3) is 0.909. The first-order valence-corrected chi connectivity index (χ1v) is 5.53. The Morgan fingerprint density at radius 2 is 2.27 bits per heavy atom. The highest BCUT2D eigenvalue weighted by Crippen LogP contribution is 2.18. The number of carbonyl (C=O) groups excluding carboxylic acids is 1. The second-order valence-corrected chi connectivity index (χ2v) is 5.06. The maximum absolute atomic E-state index is 11.9. The van der Waals surface area contributed by atoms with Crippen LogP contribution >= 0.6 is 0 Å². The van der Waals surface area contributed by atoms with Crippen molar-refractivity contribution < 1.29 is 9.53 Å². The van der Waals surface area contributed by atoms with E-state index >= 15 is 0 Å². The molecule has 2 N–H and O–H groups in total. The van der Waals surface area contributed by atoms with Crippen LogP contribution in [0.5, 0.6) is 0 Å². The van der Waals surface area contributed by atoms with Crippen molar-refractivity contribution in [1.82, 2.24) is 4.90 Å². The number of hydrogen-bond donors (Lipinski definition) is 1. The van der Waals surface area contributed by atoms with Gasteiger partial charge >= 0.3 is 0 Å². The second-order valence-electron chi connectivity index (χ2n) is 5.06. The topological polar surface area (TPSA) is 55.6 Å². The molecule has 4 heteroatoms. The summed E-state index contributed by atoms with van der Waals surface area (Å²) in [6.45, 7) is 6.10. The molecule has 0 saturated carbocycles. The molecule has 1 heterocycles. The first kappa shape index (κ1) is 12.5. The molecule has 1 aliphatic heterocycles. The number of likely N-dealkylation sites (N-methyl/N-ethyl adjacent to an activating group) is 1. The highest BCUT2D eigenvalue weighted by Gasteiger charge is 2.29. The molecule has 0 radical (unpaired) electrons. The summed E-state index contributed by atoms with van der Waals surface area (Å²) in [6.07, 6.45) is 1.63. The Morgan fingerprint density at radius 3 is 2.73 bits per heavy atom. The molecule has 0 aromatic heterocycles. The van der Waals surface area contributed by atoms with Crippen molar-refractivity contribution in [3.63, 3.8) is 0 Å². The largest absolute Gasteiger partial charge is 0.368 e. The number of rotatable bonds is 4. The van der Waals surface area contributed by atoms with E-state index in [9.17, 15) is 4.79 Å². The average molecular weight is 214 g/mol. The molecule has 0 spiro atoms. The molecule has 1 atom stereocenters. The molecule has 15 heavy (non-hydrogen) atoms. The molecular weight excluding hydrogens is 192 g/mol. The highest BCUT2D eigenvalue weighted by molar-refractivity contribution is 5.80. The molecule has 88 valence electrons. The normalized spacial score (nSPS) is 21.7. The van der Waals surface area contributed by atoms with E-state index in [-0.39, 0.29) is 17.4 Å². The summed E-state index contributed by atoms with van der Waals surface area (Å²) >= 11 is 0. The van der Waals surface area contributed by atoms with Gasteiger partial charge in [-0.3, -0.25) is 4.79 Å². The van der Waals surface area contributed by atoms with Gasteiger partial charge < -0.3 is 15.4 Å². The summed E-state index contributed by atoms with van der Waals surface area (Å²) < 4.78 is 5.36. The van der Waals surface area contributed by atoms with E-state index in [1.165, 1.54) is 0 Å². The third-order valence-corrected chi connectivity index (χ3v) is 2.80. The van der Waals surface area contributed by atoms with Gasteiger partial charge in [-0.2, -0.15) is 0 Å². The molecular formula is C11H22N2O2. The van der Waals surface area contributed by atoms with Crippen LogP contribution < -0.4 is 5.73 Å². The third kappa shape index (κ3) is 3.47. The van der Waals surface area contributed by atoms with E-state index < -0.39 is 0 Å². The zero-order valence-electron chi connectivity index (χ0n) is 9.95. The summed E-state index contributed by atoms with van der Waals surface area (Å²) in [5, 5.41) is 0. The van der Waals surface area contributed by atoms with Crippen LogP contribution in [0.15, 0.2) is 0 Å². The minimum Gasteiger partial charge on any atom is -0.368 e. The molecule has 0 bridgehead atoms. The summed E-state index contributed by atoms with van der Waals surface area (Å²) in [5.41, 5.74) is 5.61.